The third kappa shape index (κ3) is 3.67. The number of imide groups is 1. The van der Waals surface area contributed by atoms with Crippen LogP contribution >= 0.6 is 0 Å². The zero-order chi connectivity index (χ0) is 16.3. The molecule has 120 valence electrons. The van der Waals surface area contributed by atoms with E-state index in [-0.39, 0.29) is 18.7 Å². The van der Waals surface area contributed by atoms with E-state index in [1.54, 1.807) is 0 Å². The Morgan fingerprint density at radius 2 is 2.00 bits per heavy atom. The number of aliphatic hydroxyl groups excluding tert-OH is 1. The number of amides is 4. The van der Waals surface area contributed by atoms with Gasteiger partial charge in [-0.2, -0.15) is 13.2 Å². The van der Waals surface area contributed by atoms with Crippen LogP contribution in [0.2, 0.25) is 0 Å². The fourth-order valence-corrected chi connectivity index (χ4v) is 1.96. The van der Waals surface area contributed by atoms with Crippen LogP contribution in [-0.2, 0) is 6.18 Å². The van der Waals surface area contributed by atoms with Crippen molar-refractivity contribution in [2.45, 2.75) is 12.3 Å². The highest BCUT2D eigenvalue weighted by molar-refractivity contribution is 5.94. The summed E-state index contributed by atoms with van der Waals surface area (Å²) in [7, 11) is 0. The van der Waals surface area contributed by atoms with E-state index in [1.165, 1.54) is 0 Å². The van der Waals surface area contributed by atoms with Crippen LogP contribution < -0.4 is 10.6 Å². The molecule has 1 aliphatic heterocycles. The molecule has 9 heteroatoms. The minimum Gasteiger partial charge on any atom is -0.387 e. The number of hydrogen-bond donors (Lipinski definition) is 3. The van der Waals surface area contributed by atoms with Crippen LogP contribution in [0.1, 0.15) is 17.2 Å². The number of alkyl halides is 3. The van der Waals surface area contributed by atoms with Crippen molar-refractivity contribution >= 4 is 12.1 Å². The van der Waals surface area contributed by atoms with E-state index in [2.05, 4.69) is 10.6 Å². The lowest BCUT2D eigenvalue weighted by molar-refractivity contribution is -0.137. The van der Waals surface area contributed by atoms with Crippen molar-refractivity contribution in [2.24, 2.45) is 0 Å². The second kappa shape index (κ2) is 6.22. The van der Waals surface area contributed by atoms with Crippen LogP contribution in [0, 0.1) is 0 Å². The maximum Gasteiger partial charge on any atom is 0.416 e. The first-order valence-corrected chi connectivity index (χ1v) is 6.47. The molecule has 0 aromatic heterocycles. The molecule has 22 heavy (non-hydrogen) atoms. The molecule has 1 aliphatic rings. The van der Waals surface area contributed by atoms with Crippen LogP contribution in [-0.4, -0.2) is 41.7 Å². The molecule has 1 heterocycles. The predicted molar refractivity (Wildman–Crippen MR) is 69.9 cm³/mol. The van der Waals surface area contributed by atoms with Gasteiger partial charge in [-0.25, -0.2) is 14.5 Å². The third-order valence-corrected chi connectivity index (χ3v) is 3.17. The average molecular weight is 317 g/mol. The van der Waals surface area contributed by atoms with Crippen molar-refractivity contribution in [3.05, 3.63) is 35.4 Å². The SMILES string of the molecule is O=C1NCCN1C(=O)NC[C@H](O)c1ccc(C(F)(F)F)cc1. The first-order chi connectivity index (χ1) is 10.3. The fraction of sp³-hybridized carbons (Fsp3) is 0.385. The van der Waals surface area contributed by atoms with E-state index in [1.807, 2.05) is 0 Å². The van der Waals surface area contributed by atoms with Crippen molar-refractivity contribution in [3.8, 4) is 0 Å². The van der Waals surface area contributed by atoms with Crippen molar-refractivity contribution in [3.63, 3.8) is 0 Å². The number of nitrogens with zero attached hydrogens (tertiary/aromatic N) is 1. The number of halogens is 3. The number of aliphatic hydroxyl groups is 1. The van der Waals surface area contributed by atoms with Crippen LogP contribution in [0.15, 0.2) is 24.3 Å². The van der Waals surface area contributed by atoms with E-state index in [4.69, 9.17) is 0 Å². The number of benzene rings is 1. The lowest BCUT2D eigenvalue weighted by atomic mass is 10.1. The first-order valence-electron chi connectivity index (χ1n) is 6.47. The van der Waals surface area contributed by atoms with Gasteiger partial charge >= 0.3 is 18.2 Å². The van der Waals surface area contributed by atoms with E-state index in [0.717, 1.165) is 29.2 Å². The molecule has 6 nitrogen and oxygen atoms in total. The summed E-state index contributed by atoms with van der Waals surface area (Å²) in [4.78, 5) is 23.9. The van der Waals surface area contributed by atoms with Crippen LogP contribution in [0.4, 0.5) is 22.8 Å². The van der Waals surface area contributed by atoms with Crippen molar-refractivity contribution < 1.29 is 27.9 Å². The molecule has 3 N–H and O–H groups in total. The molecule has 0 bridgehead atoms. The molecule has 0 unspecified atom stereocenters. The lowest BCUT2D eigenvalue weighted by Gasteiger charge is -2.17. The van der Waals surface area contributed by atoms with Gasteiger partial charge in [-0.1, -0.05) is 12.1 Å². The summed E-state index contributed by atoms with van der Waals surface area (Å²) in [6, 6.07) is 2.80. The molecule has 4 amide bonds. The van der Waals surface area contributed by atoms with Gasteiger partial charge in [-0.05, 0) is 17.7 Å². The summed E-state index contributed by atoms with van der Waals surface area (Å²) >= 11 is 0. The largest absolute Gasteiger partial charge is 0.416 e. The van der Waals surface area contributed by atoms with Gasteiger partial charge in [0, 0.05) is 19.6 Å². The summed E-state index contributed by atoms with van der Waals surface area (Å²) in [6.07, 6.45) is -5.61. The molecule has 1 saturated heterocycles. The molecular formula is C13H14F3N3O3. The zero-order valence-corrected chi connectivity index (χ0v) is 11.4. The van der Waals surface area contributed by atoms with Gasteiger partial charge in [0.15, 0.2) is 0 Å². The van der Waals surface area contributed by atoms with E-state index >= 15 is 0 Å². The Labute approximate surface area is 123 Å². The minimum atomic E-state index is -4.44. The van der Waals surface area contributed by atoms with Crippen LogP contribution in [0.3, 0.4) is 0 Å². The highest BCUT2D eigenvalue weighted by Gasteiger charge is 2.30. The second-order valence-corrected chi connectivity index (χ2v) is 4.71. The predicted octanol–water partition coefficient (Wildman–Crippen LogP) is 1.47. The molecule has 1 aromatic rings. The van der Waals surface area contributed by atoms with Gasteiger partial charge in [0.1, 0.15) is 0 Å². The highest BCUT2D eigenvalue weighted by atomic mass is 19.4. The number of rotatable bonds is 3. The Balaban J connectivity index is 1.90. The molecular weight excluding hydrogens is 303 g/mol. The molecule has 1 fully saturated rings. The Kier molecular flexibility index (Phi) is 4.55. The van der Waals surface area contributed by atoms with Crippen molar-refractivity contribution in [2.75, 3.05) is 19.6 Å². The summed E-state index contributed by atoms with van der Waals surface area (Å²) < 4.78 is 37.3. The molecule has 0 aliphatic carbocycles. The number of nitrogens with one attached hydrogen (secondary N) is 2. The fourth-order valence-electron chi connectivity index (χ4n) is 1.96. The monoisotopic (exact) mass is 317 g/mol. The van der Waals surface area contributed by atoms with Crippen molar-refractivity contribution in [1.82, 2.24) is 15.5 Å². The highest BCUT2D eigenvalue weighted by Crippen LogP contribution is 2.29. The van der Waals surface area contributed by atoms with Gasteiger partial charge in [0.05, 0.1) is 11.7 Å². The molecule has 0 saturated carbocycles. The molecule has 1 atom stereocenters. The summed E-state index contributed by atoms with van der Waals surface area (Å²) in [5.74, 6) is 0. The summed E-state index contributed by atoms with van der Waals surface area (Å²) in [5.41, 5.74) is -0.583. The molecule has 0 spiro atoms. The second-order valence-electron chi connectivity index (χ2n) is 4.71. The van der Waals surface area contributed by atoms with E-state index < -0.39 is 29.9 Å². The normalized spacial score (nSPS) is 16.4. The standard InChI is InChI=1S/C13H14F3N3O3/c14-13(15,16)9-3-1-8(2-4-9)10(20)7-18-12(22)19-6-5-17-11(19)21/h1-4,10,20H,5-7H2,(H,17,21)(H,18,22)/t10-/m0/s1. The van der Waals surface area contributed by atoms with Gasteiger partial charge in [-0.15, -0.1) is 0 Å². The maximum absolute atomic E-state index is 12.4. The van der Waals surface area contributed by atoms with E-state index in [9.17, 15) is 27.9 Å². The Bertz CT molecular complexity index is 560. The van der Waals surface area contributed by atoms with Gasteiger partial charge in [-0.3, -0.25) is 0 Å². The maximum atomic E-state index is 12.4. The molecule has 1 aromatic carbocycles. The zero-order valence-electron chi connectivity index (χ0n) is 11.4. The molecule has 2 rings (SSSR count). The quantitative estimate of drug-likeness (QED) is 0.790. The van der Waals surface area contributed by atoms with Crippen molar-refractivity contribution in [1.29, 1.82) is 0 Å². The Morgan fingerprint density at radius 1 is 1.36 bits per heavy atom. The van der Waals surface area contributed by atoms with Gasteiger partial charge in [0.2, 0.25) is 0 Å². The molecule has 0 radical (unpaired) electrons. The minimum absolute atomic E-state index is 0.214. The van der Waals surface area contributed by atoms with E-state index in [0.29, 0.717) is 6.54 Å². The van der Waals surface area contributed by atoms with Crippen LogP contribution in [0.25, 0.3) is 0 Å². The smallest absolute Gasteiger partial charge is 0.387 e. The first kappa shape index (κ1) is 16.1. The summed E-state index contributed by atoms with van der Waals surface area (Å²) in [5, 5.41) is 14.7. The number of urea groups is 2. The Morgan fingerprint density at radius 3 is 2.50 bits per heavy atom. The van der Waals surface area contributed by atoms with Crippen LogP contribution in [0.5, 0.6) is 0 Å². The number of carbonyl (C=O) groups is 2. The third-order valence-electron chi connectivity index (χ3n) is 3.17. The van der Waals surface area contributed by atoms with Gasteiger partial charge < -0.3 is 15.7 Å². The number of carbonyl (C=O) groups excluding carboxylic acids is 2. The number of hydrogen-bond acceptors (Lipinski definition) is 3. The lowest BCUT2D eigenvalue weighted by Crippen LogP contribution is -2.43. The average Bonchev–Trinajstić information content (AvgIpc) is 2.90. The Hall–Kier alpha value is -2.29. The summed E-state index contributed by atoms with van der Waals surface area (Å²) in [6.45, 7) is 0.364. The topological polar surface area (TPSA) is 81.7 Å². The van der Waals surface area contributed by atoms with Gasteiger partial charge in [0.25, 0.3) is 0 Å².